The second kappa shape index (κ2) is 9.80. The van der Waals surface area contributed by atoms with Gasteiger partial charge in [-0.15, -0.1) is 0 Å². The molecule has 0 aliphatic heterocycles. The molecule has 0 saturated heterocycles. The highest BCUT2D eigenvalue weighted by molar-refractivity contribution is 7.99. The first-order valence-corrected chi connectivity index (χ1v) is 10.6. The van der Waals surface area contributed by atoms with Crippen molar-refractivity contribution in [1.29, 1.82) is 0 Å². The summed E-state index contributed by atoms with van der Waals surface area (Å²) in [6.45, 7) is 2.06. The number of carbonyl (C=O) groups is 2. The quantitative estimate of drug-likeness (QED) is 0.649. The van der Waals surface area contributed by atoms with Gasteiger partial charge in [0.25, 0.3) is 0 Å². The van der Waals surface area contributed by atoms with Crippen LogP contribution in [0.1, 0.15) is 24.0 Å². The Morgan fingerprint density at radius 3 is 2.21 bits per heavy atom. The molecule has 1 aliphatic rings. The highest BCUT2D eigenvalue weighted by Gasteiger charge is 2.29. The maximum atomic E-state index is 12.3. The number of fused-ring (bicyclic) bond motifs is 3. The summed E-state index contributed by atoms with van der Waals surface area (Å²) in [6.07, 6.45) is -0.705. The fraction of sp³-hybridized carbons (Fsp3) is 0.364. The van der Waals surface area contributed by atoms with Crippen molar-refractivity contribution in [1.82, 2.24) is 5.32 Å². The molecule has 7 heteroatoms. The third-order valence-electron chi connectivity index (χ3n) is 4.97. The van der Waals surface area contributed by atoms with E-state index in [2.05, 4.69) is 17.4 Å². The topological polar surface area (TPSA) is 84.9 Å². The van der Waals surface area contributed by atoms with Gasteiger partial charge in [0.1, 0.15) is 12.6 Å². The van der Waals surface area contributed by atoms with Gasteiger partial charge in [-0.2, -0.15) is 11.8 Å². The second-order valence-corrected chi connectivity index (χ2v) is 8.02. The molecule has 2 atom stereocenters. The van der Waals surface area contributed by atoms with E-state index in [4.69, 9.17) is 9.47 Å². The van der Waals surface area contributed by atoms with Crippen molar-refractivity contribution in [2.75, 3.05) is 25.2 Å². The zero-order valence-electron chi connectivity index (χ0n) is 16.5. The Morgan fingerprint density at radius 1 is 1.07 bits per heavy atom. The van der Waals surface area contributed by atoms with Gasteiger partial charge >= 0.3 is 12.1 Å². The van der Waals surface area contributed by atoms with E-state index < -0.39 is 18.1 Å². The number of hydrogen-bond donors (Lipinski definition) is 2. The first kappa shape index (κ1) is 21.2. The molecule has 0 spiro atoms. The lowest BCUT2D eigenvalue weighted by molar-refractivity contribution is -0.138. The minimum Gasteiger partial charge on any atom is -0.480 e. The van der Waals surface area contributed by atoms with Gasteiger partial charge in [-0.3, -0.25) is 0 Å². The van der Waals surface area contributed by atoms with Crippen LogP contribution in [-0.2, 0) is 14.3 Å². The predicted octanol–water partition coefficient (Wildman–Crippen LogP) is 3.75. The van der Waals surface area contributed by atoms with Crippen LogP contribution in [-0.4, -0.2) is 54.5 Å². The fourth-order valence-electron chi connectivity index (χ4n) is 3.38. The van der Waals surface area contributed by atoms with Crippen molar-refractivity contribution < 1.29 is 24.2 Å². The highest BCUT2D eigenvalue weighted by atomic mass is 32.2. The normalized spacial score (nSPS) is 14.6. The molecule has 2 aromatic carbocycles. The summed E-state index contributed by atoms with van der Waals surface area (Å²) < 4.78 is 10.6. The van der Waals surface area contributed by atoms with Crippen LogP contribution in [0.15, 0.2) is 48.5 Å². The Bertz CT molecular complexity index is 826. The number of nitrogens with one attached hydrogen (secondary N) is 1. The number of methoxy groups -OCH3 is 1. The second-order valence-electron chi connectivity index (χ2n) is 6.94. The minimum atomic E-state index is -1.09. The Morgan fingerprint density at radius 2 is 1.66 bits per heavy atom. The van der Waals surface area contributed by atoms with Gasteiger partial charge in [0, 0.05) is 24.5 Å². The zero-order chi connectivity index (χ0) is 20.8. The summed E-state index contributed by atoms with van der Waals surface area (Å²) in [5.74, 6) is -0.260. The molecule has 29 heavy (non-hydrogen) atoms. The number of benzene rings is 2. The van der Waals surface area contributed by atoms with E-state index in [1.807, 2.05) is 43.3 Å². The molecular formula is C22H25NO5S. The summed E-state index contributed by atoms with van der Waals surface area (Å²) in [5, 5.41) is 11.8. The van der Waals surface area contributed by atoms with Crippen LogP contribution in [0.4, 0.5) is 4.79 Å². The lowest BCUT2D eigenvalue weighted by Crippen LogP contribution is -2.43. The molecule has 6 nitrogen and oxygen atoms in total. The Labute approximate surface area is 174 Å². The van der Waals surface area contributed by atoms with E-state index in [0.29, 0.717) is 5.75 Å². The summed E-state index contributed by atoms with van der Waals surface area (Å²) in [7, 11) is 1.61. The van der Waals surface area contributed by atoms with E-state index >= 15 is 0 Å². The van der Waals surface area contributed by atoms with Gasteiger partial charge in [0.15, 0.2) is 0 Å². The zero-order valence-corrected chi connectivity index (χ0v) is 17.3. The van der Waals surface area contributed by atoms with Crippen molar-refractivity contribution in [3.63, 3.8) is 0 Å². The molecule has 0 radical (unpaired) electrons. The average Bonchev–Trinajstić information content (AvgIpc) is 3.05. The minimum absolute atomic E-state index is 0.0175. The molecule has 0 heterocycles. The van der Waals surface area contributed by atoms with Crippen molar-refractivity contribution in [3.05, 3.63) is 59.7 Å². The predicted molar refractivity (Wildman–Crippen MR) is 113 cm³/mol. The molecule has 154 valence electrons. The van der Waals surface area contributed by atoms with E-state index in [9.17, 15) is 14.7 Å². The van der Waals surface area contributed by atoms with Crippen LogP contribution in [0.25, 0.3) is 11.1 Å². The maximum Gasteiger partial charge on any atom is 0.407 e. The van der Waals surface area contributed by atoms with Gasteiger partial charge in [-0.1, -0.05) is 48.5 Å². The van der Waals surface area contributed by atoms with Crippen LogP contribution < -0.4 is 5.32 Å². The molecule has 2 aromatic rings. The van der Waals surface area contributed by atoms with Crippen molar-refractivity contribution in [3.8, 4) is 11.1 Å². The standard InChI is InChI=1S/C22H25NO5S/c1-14(27-2)12-29-13-20(21(24)25)23-22(26)28-11-19-17-9-5-3-7-15(17)16-8-4-6-10-18(16)19/h3-10,14,19-20H,11-13H2,1-2H3,(H,23,26)(H,24,25). The number of amides is 1. The smallest absolute Gasteiger partial charge is 0.407 e. The number of alkyl carbamates (subject to hydrolysis) is 1. The molecule has 0 aromatic heterocycles. The van der Waals surface area contributed by atoms with Gasteiger partial charge in [-0.25, -0.2) is 9.59 Å². The average molecular weight is 416 g/mol. The lowest BCUT2D eigenvalue weighted by atomic mass is 9.98. The number of rotatable bonds is 9. The Kier molecular flexibility index (Phi) is 7.17. The third-order valence-corrected chi connectivity index (χ3v) is 6.25. The Hall–Kier alpha value is -2.51. The number of carboxylic acids is 1. The fourth-order valence-corrected chi connectivity index (χ4v) is 4.44. The van der Waals surface area contributed by atoms with Gasteiger partial charge in [0.05, 0.1) is 6.10 Å². The van der Waals surface area contributed by atoms with Crippen LogP contribution in [0.3, 0.4) is 0 Å². The SMILES string of the molecule is COC(C)CSCC(NC(=O)OCC1c2ccccc2-c2ccccc21)C(=O)O. The van der Waals surface area contributed by atoms with Crippen molar-refractivity contribution in [2.45, 2.75) is 25.0 Å². The van der Waals surface area contributed by atoms with E-state index in [1.165, 1.54) is 11.8 Å². The summed E-state index contributed by atoms with van der Waals surface area (Å²) in [6, 6.07) is 15.1. The number of aliphatic carboxylic acids is 1. The van der Waals surface area contributed by atoms with Crippen LogP contribution in [0, 0.1) is 0 Å². The monoisotopic (exact) mass is 415 g/mol. The van der Waals surface area contributed by atoms with Crippen LogP contribution in [0.5, 0.6) is 0 Å². The first-order chi connectivity index (χ1) is 14.0. The molecule has 0 fully saturated rings. The third kappa shape index (κ3) is 5.10. The maximum absolute atomic E-state index is 12.3. The van der Waals surface area contributed by atoms with E-state index in [1.54, 1.807) is 7.11 Å². The first-order valence-electron chi connectivity index (χ1n) is 9.46. The highest BCUT2D eigenvalue weighted by Crippen LogP contribution is 2.44. The summed E-state index contributed by atoms with van der Waals surface area (Å²) in [4.78, 5) is 23.7. The number of hydrogen-bond acceptors (Lipinski definition) is 5. The van der Waals surface area contributed by atoms with Crippen molar-refractivity contribution in [2.24, 2.45) is 0 Å². The van der Waals surface area contributed by atoms with Gasteiger partial charge in [0.2, 0.25) is 0 Å². The van der Waals surface area contributed by atoms with Gasteiger partial charge < -0.3 is 19.9 Å². The number of thioether (sulfide) groups is 1. The molecule has 2 unspecified atom stereocenters. The van der Waals surface area contributed by atoms with Crippen LogP contribution >= 0.6 is 11.8 Å². The molecule has 0 saturated carbocycles. The van der Waals surface area contributed by atoms with Crippen molar-refractivity contribution >= 4 is 23.8 Å². The molecule has 2 N–H and O–H groups in total. The van der Waals surface area contributed by atoms with Crippen LogP contribution in [0.2, 0.25) is 0 Å². The van der Waals surface area contributed by atoms with E-state index in [-0.39, 0.29) is 24.4 Å². The molecule has 3 rings (SSSR count). The Balaban J connectivity index is 1.59. The summed E-state index contributed by atoms with van der Waals surface area (Å²) in [5.41, 5.74) is 4.51. The molecule has 1 aliphatic carbocycles. The number of carbonyl (C=O) groups excluding carboxylic acids is 1. The molecular weight excluding hydrogens is 390 g/mol. The summed E-state index contributed by atoms with van der Waals surface area (Å²) >= 11 is 1.41. The lowest BCUT2D eigenvalue weighted by Gasteiger charge is -2.18. The molecule has 0 bridgehead atoms. The van der Waals surface area contributed by atoms with Gasteiger partial charge in [-0.05, 0) is 29.2 Å². The van der Waals surface area contributed by atoms with E-state index in [0.717, 1.165) is 22.3 Å². The number of carboxylic acid groups (broad SMARTS) is 1. The number of ether oxygens (including phenoxy) is 2. The molecule has 1 amide bonds. The largest absolute Gasteiger partial charge is 0.480 e.